The van der Waals surface area contributed by atoms with E-state index < -0.39 is 0 Å². The highest BCUT2D eigenvalue weighted by atomic mass is 16.7. The highest BCUT2D eigenvalue weighted by Gasteiger charge is 2.43. The monoisotopic (exact) mass is 255 g/mol. The van der Waals surface area contributed by atoms with Gasteiger partial charge < -0.3 is 14.4 Å². The van der Waals surface area contributed by atoms with Gasteiger partial charge in [0.2, 0.25) is 0 Å². The van der Waals surface area contributed by atoms with Crippen LogP contribution in [-0.4, -0.2) is 43.0 Å². The zero-order chi connectivity index (χ0) is 13.0. The third-order valence-corrected chi connectivity index (χ3v) is 4.40. The summed E-state index contributed by atoms with van der Waals surface area (Å²) in [6, 6.07) is 0. The van der Waals surface area contributed by atoms with E-state index in [2.05, 4.69) is 25.7 Å². The molecular weight excluding hydrogens is 226 g/mol. The zero-order valence-corrected chi connectivity index (χ0v) is 12.3. The Bertz CT molecular complexity index is 249. The maximum absolute atomic E-state index is 6.25. The largest absolute Gasteiger partial charge is 0.347 e. The smallest absolute Gasteiger partial charge is 0.168 e. The number of ether oxygens (including phenoxy) is 2. The van der Waals surface area contributed by atoms with Crippen LogP contribution >= 0.6 is 0 Å². The van der Waals surface area contributed by atoms with Crippen molar-refractivity contribution in [2.24, 2.45) is 5.92 Å². The van der Waals surface area contributed by atoms with Gasteiger partial charge in [0, 0.05) is 19.4 Å². The Hall–Kier alpha value is -0.120. The van der Waals surface area contributed by atoms with Gasteiger partial charge in [-0.2, -0.15) is 0 Å². The van der Waals surface area contributed by atoms with E-state index in [-0.39, 0.29) is 11.9 Å². The first-order valence-corrected chi connectivity index (χ1v) is 7.71. The first kappa shape index (κ1) is 14.3. The van der Waals surface area contributed by atoms with Gasteiger partial charge in [-0.15, -0.1) is 0 Å². The number of hydrogen-bond donors (Lipinski definition) is 0. The Labute approximate surface area is 112 Å². The topological polar surface area (TPSA) is 21.7 Å². The van der Waals surface area contributed by atoms with Crippen molar-refractivity contribution in [2.75, 3.05) is 26.2 Å². The third-order valence-electron chi connectivity index (χ3n) is 4.40. The molecular formula is C15H29NO2. The second-order valence-corrected chi connectivity index (χ2v) is 6.04. The van der Waals surface area contributed by atoms with Crippen molar-refractivity contribution in [1.29, 1.82) is 0 Å². The van der Waals surface area contributed by atoms with E-state index in [9.17, 15) is 0 Å². The summed E-state index contributed by atoms with van der Waals surface area (Å²) in [5, 5.41) is 0. The van der Waals surface area contributed by atoms with Gasteiger partial charge in [-0.1, -0.05) is 20.8 Å². The van der Waals surface area contributed by atoms with Crippen LogP contribution in [0.25, 0.3) is 0 Å². The average Bonchev–Trinajstić information content (AvgIpc) is 2.76. The molecule has 18 heavy (non-hydrogen) atoms. The Kier molecular flexibility index (Phi) is 5.05. The van der Waals surface area contributed by atoms with E-state index in [1.54, 1.807) is 0 Å². The minimum Gasteiger partial charge on any atom is -0.347 e. The number of rotatable bonds is 5. The molecule has 3 nitrogen and oxygen atoms in total. The van der Waals surface area contributed by atoms with Crippen molar-refractivity contribution in [3.8, 4) is 0 Å². The predicted octanol–water partition coefficient (Wildman–Crippen LogP) is 3.04. The molecule has 2 fully saturated rings. The zero-order valence-electron chi connectivity index (χ0n) is 12.3. The van der Waals surface area contributed by atoms with Gasteiger partial charge in [0.15, 0.2) is 5.79 Å². The fraction of sp³-hybridized carbons (Fsp3) is 1.00. The molecule has 0 aromatic carbocycles. The second kappa shape index (κ2) is 6.36. The summed E-state index contributed by atoms with van der Waals surface area (Å²) in [4.78, 5) is 2.47. The summed E-state index contributed by atoms with van der Waals surface area (Å²) in [5.41, 5.74) is 0. The first-order chi connectivity index (χ1) is 8.67. The normalized spacial score (nSPS) is 36.7. The molecule has 0 amide bonds. The maximum Gasteiger partial charge on any atom is 0.168 e. The molecule has 0 aromatic rings. The molecule has 1 heterocycles. The molecule has 0 radical (unpaired) electrons. The molecule has 1 unspecified atom stereocenters. The molecule has 3 heteroatoms. The summed E-state index contributed by atoms with van der Waals surface area (Å²) in [7, 11) is 0. The van der Waals surface area contributed by atoms with Gasteiger partial charge in [-0.05, 0) is 38.3 Å². The van der Waals surface area contributed by atoms with Crippen LogP contribution < -0.4 is 0 Å². The van der Waals surface area contributed by atoms with Gasteiger partial charge in [-0.25, -0.2) is 0 Å². The van der Waals surface area contributed by atoms with E-state index >= 15 is 0 Å². The second-order valence-electron chi connectivity index (χ2n) is 6.04. The maximum atomic E-state index is 6.25. The van der Waals surface area contributed by atoms with Crippen molar-refractivity contribution in [3.05, 3.63) is 0 Å². The fourth-order valence-electron chi connectivity index (χ4n) is 3.15. The van der Waals surface area contributed by atoms with Gasteiger partial charge in [0.25, 0.3) is 0 Å². The molecule has 1 saturated heterocycles. The molecule has 2 aliphatic rings. The van der Waals surface area contributed by atoms with Crippen LogP contribution in [0.3, 0.4) is 0 Å². The lowest BCUT2D eigenvalue weighted by atomic mass is 9.86. The molecule has 1 aliphatic carbocycles. The quantitative estimate of drug-likeness (QED) is 0.753. The van der Waals surface area contributed by atoms with Crippen LogP contribution in [0.5, 0.6) is 0 Å². The number of likely N-dealkylation sites (N-methyl/N-ethyl adjacent to an activating group) is 1. The minimum absolute atomic E-state index is 0.219. The highest BCUT2D eigenvalue weighted by molar-refractivity contribution is 4.85. The number of hydrogen-bond acceptors (Lipinski definition) is 3. The lowest BCUT2D eigenvalue weighted by Gasteiger charge is -2.35. The van der Waals surface area contributed by atoms with E-state index in [1.807, 2.05) is 0 Å². The summed E-state index contributed by atoms with van der Waals surface area (Å²) >= 11 is 0. The minimum atomic E-state index is -0.219. The van der Waals surface area contributed by atoms with Gasteiger partial charge in [0.05, 0.1) is 12.7 Å². The average molecular weight is 255 g/mol. The Morgan fingerprint density at radius 3 is 2.56 bits per heavy atom. The first-order valence-electron chi connectivity index (χ1n) is 7.71. The SMILES string of the molecule is CCCN(CC)CC1COC2(CCC(C)CC2)O1. The Morgan fingerprint density at radius 2 is 1.94 bits per heavy atom. The van der Waals surface area contributed by atoms with E-state index in [1.165, 1.54) is 25.8 Å². The molecule has 1 atom stereocenters. The van der Waals surface area contributed by atoms with E-state index in [0.29, 0.717) is 0 Å². The van der Waals surface area contributed by atoms with Crippen LogP contribution in [0.1, 0.15) is 52.9 Å². The summed E-state index contributed by atoms with van der Waals surface area (Å²) in [6.07, 6.45) is 6.17. The van der Waals surface area contributed by atoms with Gasteiger partial charge in [-0.3, -0.25) is 0 Å². The van der Waals surface area contributed by atoms with Crippen LogP contribution in [0.2, 0.25) is 0 Å². The molecule has 106 valence electrons. The van der Waals surface area contributed by atoms with Crippen molar-refractivity contribution in [1.82, 2.24) is 4.90 Å². The van der Waals surface area contributed by atoms with Crippen molar-refractivity contribution >= 4 is 0 Å². The lowest BCUT2D eigenvalue weighted by Crippen LogP contribution is -2.38. The number of nitrogens with zero attached hydrogens (tertiary/aromatic N) is 1. The molecule has 1 spiro atoms. The predicted molar refractivity (Wildman–Crippen MR) is 73.6 cm³/mol. The molecule has 2 rings (SSSR count). The molecule has 1 aliphatic heterocycles. The van der Waals surface area contributed by atoms with Crippen molar-refractivity contribution < 1.29 is 9.47 Å². The Morgan fingerprint density at radius 1 is 1.22 bits per heavy atom. The van der Waals surface area contributed by atoms with E-state index in [4.69, 9.17) is 9.47 Å². The van der Waals surface area contributed by atoms with Crippen LogP contribution in [0, 0.1) is 5.92 Å². The molecule has 0 bridgehead atoms. The lowest BCUT2D eigenvalue weighted by molar-refractivity contribution is -0.192. The van der Waals surface area contributed by atoms with E-state index in [0.717, 1.165) is 38.5 Å². The summed E-state index contributed by atoms with van der Waals surface area (Å²) < 4.78 is 12.3. The standard InChI is InChI=1S/C15H29NO2/c1-4-10-16(5-2)11-14-12-17-15(18-14)8-6-13(3)7-9-15/h13-14H,4-12H2,1-3H3. The van der Waals surface area contributed by atoms with Gasteiger partial charge >= 0.3 is 0 Å². The van der Waals surface area contributed by atoms with Crippen LogP contribution in [0.15, 0.2) is 0 Å². The third kappa shape index (κ3) is 3.46. The van der Waals surface area contributed by atoms with Crippen molar-refractivity contribution in [2.45, 2.75) is 64.8 Å². The van der Waals surface area contributed by atoms with Crippen molar-refractivity contribution in [3.63, 3.8) is 0 Å². The summed E-state index contributed by atoms with van der Waals surface area (Å²) in [5.74, 6) is 0.622. The molecule has 1 saturated carbocycles. The van der Waals surface area contributed by atoms with Crippen LogP contribution in [-0.2, 0) is 9.47 Å². The highest BCUT2D eigenvalue weighted by Crippen LogP contribution is 2.39. The Balaban J connectivity index is 1.80. The molecule has 0 N–H and O–H groups in total. The molecule has 0 aromatic heterocycles. The fourth-order valence-corrected chi connectivity index (χ4v) is 3.15. The summed E-state index contributed by atoms with van der Waals surface area (Å²) in [6.45, 7) is 10.9. The van der Waals surface area contributed by atoms with Crippen LogP contribution in [0.4, 0.5) is 0 Å². The van der Waals surface area contributed by atoms with Gasteiger partial charge in [0.1, 0.15) is 0 Å².